The summed E-state index contributed by atoms with van der Waals surface area (Å²) in [5, 5.41) is 0. The molecule has 4 aliphatic rings. The van der Waals surface area contributed by atoms with E-state index in [-0.39, 0.29) is 11.9 Å². The van der Waals surface area contributed by atoms with Crippen LogP contribution >= 0.6 is 0 Å². The second-order valence-corrected chi connectivity index (χ2v) is 5.27. The van der Waals surface area contributed by atoms with Crippen LogP contribution < -0.4 is 5.73 Å². The normalized spacial score (nSPS) is 31.4. The highest BCUT2D eigenvalue weighted by molar-refractivity contribution is 6.00. The highest BCUT2D eigenvalue weighted by Gasteiger charge is 2.41. The molecule has 0 spiro atoms. The van der Waals surface area contributed by atoms with Crippen LogP contribution in [0.1, 0.15) is 17.0 Å². The summed E-state index contributed by atoms with van der Waals surface area (Å²) in [5.74, 6) is 0.322. The van der Waals surface area contributed by atoms with Crippen molar-refractivity contribution in [3.05, 3.63) is 53.1 Å². The van der Waals surface area contributed by atoms with Crippen LogP contribution in [0.25, 0.3) is 5.57 Å². The van der Waals surface area contributed by atoms with Crippen LogP contribution in [0, 0.1) is 0 Å². The number of carbonyl (C=O) groups is 1. The topological polar surface area (TPSA) is 46.3 Å². The molecule has 3 heteroatoms. The summed E-state index contributed by atoms with van der Waals surface area (Å²) in [6.45, 7) is 2.17. The lowest BCUT2D eigenvalue weighted by molar-refractivity contribution is -0.114. The molecule has 90 valence electrons. The van der Waals surface area contributed by atoms with Crippen molar-refractivity contribution in [2.75, 3.05) is 13.1 Å². The number of amides is 1. The Hall–Kier alpha value is -1.87. The molecule has 5 rings (SSSR count). The van der Waals surface area contributed by atoms with Gasteiger partial charge in [0.05, 0.1) is 6.04 Å². The number of carbonyl (C=O) groups excluding carboxylic acids is 1. The summed E-state index contributed by atoms with van der Waals surface area (Å²) in [6.07, 6.45) is 3.97. The van der Waals surface area contributed by atoms with Crippen molar-refractivity contribution in [2.24, 2.45) is 5.73 Å². The molecule has 0 saturated carbocycles. The SMILES string of the molecule is NC(=O)C1=CC2C(=C1)c1ccccc1C1CN2C1. The summed E-state index contributed by atoms with van der Waals surface area (Å²) in [4.78, 5) is 13.8. The van der Waals surface area contributed by atoms with Crippen LogP contribution in [-0.4, -0.2) is 29.9 Å². The Kier molecular flexibility index (Phi) is 1.87. The van der Waals surface area contributed by atoms with Gasteiger partial charge in [-0.15, -0.1) is 0 Å². The molecular weight excluding hydrogens is 224 g/mol. The fraction of sp³-hybridized carbons (Fsp3) is 0.267. The van der Waals surface area contributed by atoms with Gasteiger partial charge in [0.1, 0.15) is 0 Å². The zero-order valence-corrected chi connectivity index (χ0v) is 9.97. The standard InChI is InChI=1S/C15H14N2O/c16-15(18)9-5-13-12-4-2-1-3-11(12)10-7-17(8-10)14(13)6-9/h1-6,10,14H,7-8H2,(H2,16,18). The molecule has 1 unspecified atom stereocenters. The third-order valence-electron chi connectivity index (χ3n) is 4.27. The van der Waals surface area contributed by atoms with Gasteiger partial charge in [0.2, 0.25) is 5.91 Å². The quantitative estimate of drug-likeness (QED) is 0.801. The molecule has 1 aliphatic carbocycles. The average molecular weight is 238 g/mol. The Labute approximate surface area is 106 Å². The summed E-state index contributed by atoms with van der Waals surface area (Å²) >= 11 is 0. The Bertz CT molecular complexity index is 609. The van der Waals surface area contributed by atoms with E-state index in [1.165, 1.54) is 16.7 Å². The third-order valence-corrected chi connectivity index (χ3v) is 4.27. The first kappa shape index (κ1) is 10.1. The molecule has 1 aromatic carbocycles. The maximum atomic E-state index is 11.4. The lowest BCUT2D eigenvalue weighted by atomic mass is 9.89. The van der Waals surface area contributed by atoms with Crippen molar-refractivity contribution in [2.45, 2.75) is 12.0 Å². The van der Waals surface area contributed by atoms with E-state index in [1.54, 1.807) is 0 Å². The van der Waals surface area contributed by atoms with E-state index >= 15 is 0 Å². The second-order valence-electron chi connectivity index (χ2n) is 5.27. The van der Waals surface area contributed by atoms with Gasteiger partial charge in [-0.05, 0) is 22.8 Å². The number of hydrogen-bond acceptors (Lipinski definition) is 2. The third kappa shape index (κ3) is 1.20. The van der Waals surface area contributed by atoms with Crippen molar-refractivity contribution < 1.29 is 4.79 Å². The van der Waals surface area contributed by atoms with Gasteiger partial charge >= 0.3 is 0 Å². The molecular formula is C15H14N2O. The fourth-order valence-corrected chi connectivity index (χ4v) is 3.31. The molecule has 18 heavy (non-hydrogen) atoms. The number of primary amides is 1. The highest BCUT2D eigenvalue weighted by atomic mass is 16.1. The van der Waals surface area contributed by atoms with Gasteiger partial charge in [0, 0.05) is 24.6 Å². The van der Waals surface area contributed by atoms with E-state index in [0.717, 1.165) is 13.1 Å². The second kappa shape index (κ2) is 3.33. The van der Waals surface area contributed by atoms with Crippen LogP contribution in [0.2, 0.25) is 0 Å². The van der Waals surface area contributed by atoms with Gasteiger partial charge in [0.15, 0.2) is 0 Å². The molecule has 3 aliphatic heterocycles. The molecule has 1 fully saturated rings. The Morgan fingerprint density at radius 1 is 1.28 bits per heavy atom. The number of nitrogens with two attached hydrogens (primary N) is 1. The first-order valence-corrected chi connectivity index (χ1v) is 6.30. The Morgan fingerprint density at radius 2 is 2.06 bits per heavy atom. The summed E-state index contributed by atoms with van der Waals surface area (Å²) in [5.41, 5.74) is 9.99. The average Bonchev–Trinajstić information content (AvgIpc) is 2.64. The number of hydrogen-bond donors (Lipinski definition) is 1. The van der Waals surface area contributed by atoms with Crippen LogP contribution in [0.15, 0.2) is 42.0 Å². The molecule has 1 saturated heterocycles. The molecule has 0 radical (unpaired) electrons. The smallest absolute Gasteiger partial charge is 0.248 e. The molecule has 2 N–H and O–H groups in total. The monoisotopic (exact) mass is 238 g/mol. The summed E-state index contributed by atoms with van der Waals surface area (Å²) in [6, 6.07) is 8.78. The maximum absolute atomic E-state index is 11.4. The van der Waals surface area contributed by atoms with Crippen LogP contribution in [0.3, 0.4) is 0 Å². The van der Waals surface area contributed by atoms with E-state index in [0.29, 0.717) is 11.5 Å². The predicted molar refractivity (Wildman–Crippen MR) is 69.8 cm³/mol. The van der Waals surface area contributed by atoms with Gasteiger partial charge in [-0.25, -0.2) is 0 Å². The highest BCUT2D eigenvalue weighted by Crippen LogP contribution is 2.44. The number of rotatable bonds is 1. The van der Waals surface area contributed by atoms with E-state index < -0.39 is 0 Å². The van der Waals surface area contributed by atoms with E-state index in [9.17, 15) is 4.79 Å². The number of benzene rings is 1. The van der Waals surface area contributed by atoms with E-state index in [4.69, 9.17) is 5.73 Å². The molecule has 2 bridgehead atoms. The van der Waals surface area contributed by atoms with E-state index in [1.807, 2.05) is 12.2 Å². The van der Waals surface area contributed by atoms with Gasteiger partial charge in [0.25, 0.3) is 0 Å². The molecule has 3 heterocycles. The molecule has 1 atom stereocenters. The van der Waals surface area contributed by atoms with Crippen molar-refractivity contribution in [1.29, 1.82) is 0 Å². The van der Waals surface area contributed by atoms with Gasteiger partial charge < -0.3 is 5.73 Å². The lowest BCUT2D eigenvalue weighted by Gasteiger charge is -2.40. The number of nitrogens with zero attached hydrogens (tertiary/aromatic N) is 1. The first-order chi connectivity index (χ1) is 8.74. The van der Waals surface area contributed by atoms with Gasteiger partial charge in [-0.1, -0.05) is 30.3 Å². The predicted octanol–water partition coefficient (Wildman–Crippen LogP) is 1.28. The minimum absolute atomic E-state index is 0.243. The van der Waals surface area contributed by atoms with Crippen molar-refractivity contribution >= 4 is 11.5 Å². The van der Waals surface area contributed by atoms with Crippen molar-refractivity contribution in [1.82, 2.24) is 4.90 Å². The van der Waals surface area contributed by atoms with Gasteiger partial charge in [-0.2, -0.15) is 0 Å². The van der Waals surface area contributed by atoms with E-state index in [2.05, 4.69) is 29.2 Å². The molecule has 1 aromatic rings. The Balaban J connectivity index is 1.90. The maximum Gasteiger partial charge on any atom is 0.248 e. The summed E-state index contributed by atoms with van der Waals surface area (Å²) in [7, 11) is 0. The Morgan fingerprint density at radius 3 is 2.83 bits per heavy atom. The van der Waals surface area contributed by atoms with Crippen molar-refractivity contribution in [3.8, 4) is 0 Å². The van der Waals surface area contributed by atoms with Gasteiger partial charge in [-0.3, -0.25) is 9.69 Å². The minimum atomic E-state index is -0.329. The van der Waals surface area contributed by atoms with Crippen LogP contribution in [-0.2, 0) is 4.79 Å². The van der Waals surface area contributed by atoms with Crippen LogP contribution in [0.5, 0.6) is 0 Å². The van der Waals surface area contributed by atoms with Crippen LogP contribution in [0.4, 0.5) is 0 Å². The fourth-order valence-electron chi connectivity index (χ4n) is 3.31. The largest absolute Gasteiger partial charge is 0.366 e. The van der Waals surface area contributed by atoms with Crippen molar-refractivity contribution in [3.63, 3.8) is 0 Å². The summed E-state index contributed by atoms with van der Waals surface area (Å²) < 4.78 is 0. The minimum Gasteiger partial charge on any atom is -0.366 e. The zero-order chi connectivity index (χ0) is 12.3. The molecule has 3 nitrogen and oxygen atoms in total. The molecule has 0 aromatic heterocycles. The molecule has 1 amide bonds. The first-order valence-electron chi connectivity index (χ1n) is 6.30. The zero-order valence-electron chi connectivity index (χ0n) is 9.97. The lowest BCUT2D eigenvalue weighted by Crippen LogP contribution is -2.48.